The first-order valence-corrected chi connectivity index (χ1v) is 11.9. The Balaban J connectivity index is 1.43. The largest absolute Gasteiger partial charge is 0.496 e. The van der Waals surface area contributed by atoms with Crippen molar-refractivity contribution in [3.8, 4) is 45.4 Å². The zero-order valence-corrected chi connectivity index (χ0v) is 20.4. The Labute approximate surface area is 213 Å². The molecule has 0 N–H and O–H groups in total. The molecule has 0 atom stereocenters. The molecule has 0 radical (unpaired) electrons. The van der Waals surface area contributed by atoms with E-state index in [0.717, 1.165) is 33.8 Å². The van der Waals surface area contributed by atoms with Crippen LogP contribution in [-0.4, -0.2) is 14.2 Å². The van der Waals surface area contributed by atoms with Gasteiger partial charge in [-0.25, -0.2) is 0 Å². The molecule has 0 unspecified atom stereocenters. The second kappa shape index (κ2) is 9.39. The number of ether oxygens (including phenoxy) is 4. The zero-order valence-electron chi connectivity index (χ0n) is 20.4. The van der Waals surface area contributed by atoms with E-state index in [1.165, 1.54) is 13.2 Å². The van der Waals surface area contributed by atoms with Gasteiger partial charge in [0.2, 0.25) is 0 Å². The van der Waals surface area contributed by atoms with E-state index in [1.807, 2.05) is 72.8 Å². The minimum atomic E-state index is -0.200. The Hall–Kier alpha value is -4.71. The lowest BCUT2D eigenvalue weighted by atomic mass is 9.97. The van der Waals surface area contributed by atoms with Crippen molar-refractivity contribution in [2.24, 2.45) is 0 Å². The highest BCUT2D eigenvalue weighted by Crippen LogP contribution is 2.44. The molecule has 184 valence electrons. The van der Waals surface area contributed by atoms with Gasteiger partial charge < -0.3 is 23.4 Å². The topological polar surface area (TPSA) is 67.1 Å². The Bertz CT molecular complexity index is 1650. The highest BCUT2D eigenvalue weighted by atomic mass is 16.5. The fourth-order valence-corrected chi connectivity index (χ4v) is 4.54. The number of fused-ring (bicyclic) bond motifs is 2. The molecular formula is C31H24O6. The molecule has 6 rings (SSSR count). The molecule has 1 aliphatic heterocycles. The van der Waals surface area contributed by atoms with Crippen molar-refractivity contribution < 1.29 is 23.4 Å². The second-order valence-electron chi connectivity index (χ2n) is 8.74. The molecule has 0 spiro atoms. The van der Waals surface area contributed by atoms with Gasteiger partial charge in [-0.2, -0.15) is 0 Å². The molecule has 5 aromatic rings. The minimum Gasteiger partial charge on any atom is -0.496 e. The van der Waals surface area contributed by atoms with Crippen molar-refractivity contribution in [2.75, 3.05) is 14.2 Å². The predicted octanol–water partition coefficient (Wildman–Crippen LogP) is 6.62. The minimum absolute atomic E-state index is 0.200. The van der Waals surface area contributed by atoms with Crippen molar-refractivity contribution in [1.82, 2.24) is 0 Å². The molecular weight excluding hydrogens is 468 g/mol. The summed E-state index contributed by atoms with van der Waals surface area (Å²) in [6, 6.07) is 26.6. The summed E-state index contributed by atoms with van der Waals surface area (Å²) in [6.45, 7) is 1.02. The second-order valence-corrected chi connectivity index (χ2v) is 8.74. The number of hydrogen-bond acceptors (Lipinski definition) is 6. The summed E-state index contributed by atoms with van der Waals surface area (Å²) in [5.74, 6) is 2.97. The summed E-state index contributed by atoms with van der Waals surface area (Å²) in [5.41, 5.74) is 4.70. The van der Waals surface area contributed by atoms with Crippen molar-refractivity contribution in [1.29, 1.82) is 0 Å². The van der Waals surface area contributed by atoms with Crippen molar-refractivity contribution >= 4 is 11.0 Å². The zero-order chi connectivity index (χ0) is 25.4. The maximum absolute atomic E-state index is 13.4. The monoisotopic (exact) mass is 492 g/mol. The first kappa shape index (κ1) is 22.7. The summed E-state index contributed by atoms with van der Waals surface area (Å²) in [7, 11) is 3.11. The van der Waals surface area contributed by atoms with Crippen LogP contribution in [0, 0.1) is 0 Å². The SMILES string of the molecule is COc1cc(OC)c2c(=O)cc(-c3ccc(OCc4ccccc4)cc3)oc2c1-c1ccc2c(c1)CO2. The molecule has 1 aromatic heterocycles. The summed E-state index contributed by atoms with van der Waals surface area (Å²) in [5, 5.41) is 0.365. The van der Waals surface area contributed by atoms with Gasteiger partial charge in [-0.15, -0.1) is 0 Å². The Morgan fingerprint density at radius 3 is 2.24 bits per heavy atom. The Morgan fingerprint density at radius 1 is 0.811 bits per heavy atom. The number of methoxy groups -OCH3 is 2. The van der Waals surface area contributed by atoms with E-state index in [-0.39, 0.29) is 5.43 Å². The van der Waals surface area contributed by atoms with Gasteiger partial charge in [-0.3, -0.25) is 4.79 Å². The van der Waals surface area contributed by atoms with Gasteiger partial charge in [0.05, 0.1) is 19.8 Å². The van der Waals surface area contributed by atoms with Crippen LogP contribution in [0.3, 0.4) is 0 Å². The van der Waals surface area contributed by atoms with E-state index < -0.39 is 0 Å². The molecule has 0 fully saturated rings. The lowest BCUT2D eigenvalue weighted by molar-refractivity contribution is 0.243. The van der Waals surface area contributed by atoms with Gasteiger partial charge >= 0.3 is 0 Å². The van der Waals surface area contributed by atoms with E-state index in [9.17, 15) is 4.79 Å². The maximum atomic E-state index is 13.4. The lowest BCUT2D eigenvalue weighted by Gasteiger charge is -2.22. The molecule has 0 amide bonds. The van der Waals surface area contributed by atoms with Crippen LogP contribution in [0.2, 0.25) is 0 Å². The van der Waals surface area contributed by atoms with Crippen LogP contribution in [0.1, 0.15) is 11.1 Å². The third kappa shape index (κ3) is 4.16. The van der Waals surface area contributed by atoms with Crippen LogP contribution in [-0.2, 0) is 13.2 Å². The molecule has 6 heteroatoms. The molecule has 1 aliphatic rings. The van der Waals surface area contributed by atoms with Gasteiger partial charge in [0.1, 0.15) is 47.4 Å². The fraction of sp³-hybridized carbons (Fsp3) is 0.129. The predicted molar refractivity (Wildman–Crippen MR) is 142 cm³/mol. The highest BCUT2D eigenvalue weighted by Gasteiger charge is 2.23. The average molecular weight is 493 g/mol. The van der Waals surface area contributed by atoms with Crippen molar-refractivity contribution in [2.45, 2.75) is 13.2 Å². The average Bonchev–Trinajstić information content (AvgIpc) is 2.92. The smallest absolute Gasteiger partial charge is 0.197 e. The highest BCUT2D eigenvalue weighted by molar-refractivity contribution is 6.00. The number of hydrogen-bond donors (Lipinski definition) is 0. The van der Waals surface area contributed by atoms with Crippen LogP contribution in [0.25, 0.3) is 33.4 Å². The normalized spacial score (nSPS) is 11.8. The number of benzene rings is 4. The molecule has 37 heavy (non-hydrogen) atoms. The fourth-order valence-electron chi connectivity index (χ4n) is 4.54. The van der Waals surface area contributed by atoms with Crippen molar-refractivity contribution in [3.05, 3.63) is 106 Å². The molecule has 2 heterocycles. The molecule has 0 saturated carbocycles. The van der Waals surface area contributed by atoms with Gasteiger partial charge in [-0.05, 0) is 47.5 Å². The Morgan fingerprint density at radius 2 is 1.57 bits per heavy atom. The lowest BCUT2D eigenvalue weighted by Crippen LogP contribution is -2.09. The van der Waals surface area contributed by atoms with E-state index in [1.54, 1.807) is 13.2 Å². The van der Waals surface area contributed by atoms with Crippen molar-refractivity contribution in [3.63, 3.8) is 0 Å². The van der Waals surface area contributed by atoms with Gasteiger partial charge in [0.25, 0.3) is 0 Å². The molecule has 0 aliphatic carbocycles. The van der Waals surface area contributed by atoms with Crippen LogP contribution in [0.5, 0.6) is 23.0 Å². The van der Waals surface area contributed by atoms with E-state index in [4.69, 9.17) is 23.4 Å². The van der Waals surface area contributed by atoms with Gasteiger partial charge in [-0.1, -0.05) is 36.4 Å². The van der Waals surface area contributed by atoms with Crippen LogP contribution in [0.4, 0.5) is 0 Å². The molecule has 4 aromatic carbocycles. The first-order valence-electron chi connectivity index (χ1n) is 11.9. The summed E-state index contributed by atoms with van der Waals surface area (Å²) < 4.78 is 29.0. The summed E-state index contributed by atoms with van der Waals surface area (Å²) in [6.07, 6.45) is 0. The quantitative estimate of drug-likeness (QED) is 0.255. The van der Waals surface area contributed by atoms with Crippen LogP contribution >= 0.6 is 0 Å². The molecule has 0 saturated heterocycles. The molecule has 0 bridgehead atoms. The van der Waals surface area contributed by atoms with Gasteiger partial charge in [0, 0.05) is 23.3 Å². The maximum Gasteiger partial charge on any atom is 0.197 e. The summed E-state index contributed by atoms with van der Waals surface area (Å²) in [4.78, 5) is 13.4. The standard InChI is InChI=1S/C31H24O6/c1-33-27-16-28(34-2)30-24(32)15-26(37-31(30)29(27)21-10-13-25-22(14-21)18-36-25)20-8-11-23(12-9-20)35-17-19-6-4-3-5-7-19/h3-16H,17-18H2,1-2H3. The third-order valence-corrected chi connectivity index (χ3v) is 6.49. The van der Waals surface area contributed by atoms with E-state index in [0.29, 0.717) is 47.0 Å². The first-order chi connectivity index (χ1) is 18.1. The van der Waals surface area contributed by atoms with Crippen LogP contribution in [0.15, 0.2) is 94.1 Å². The number of rotatable bonds is 7. The third-order valence-electron chi connectivity index (χ3n) is 6.49. The Kier molecular flexibility index (Phi) is 5.77. The van der Waals surface area contributed by atoms with E-state index >= 15 is 0 Å². The molecule has 6 nitrogen and oxygen atoms in total. The van der Waals surface area contributed by atoms with Gasteiger partial charge in [0.15, 0.2) is 11.0 Å². The van der Waals surface area contributed by atoms with Crippen LogP contribution < -0.4 is 24.4 Å². The van der Waals surface area contributed by atoms with E-state index in [2.05, 4.69) is 0 Å². The summed E-state index contributed by atoms with van der Waals surface area (Å²) >= 11 is 0.